The second kappa shape index (κ2) is 15.9. The molecule has 5 rings (SSSR count). The van der Waals surface area contributed by atoms with Gasteiger partial charge in [-0.1, -0.05) is 124 Å². The molecule has 48 heavy (non-hydrogen) atoms. The number of carbonyl (C=O) groups is 1. The SMILES string of the molecule is C=C(C)C1CCC2(C)CCC3(C)C(CCC4C5(C)CCC(OCCCCCCCCCCCCCCCC=O)C(C)(C)C5CCC43C)C12. The highest BCUT2D eigenvalue weighted by molar-refractivity contribution is 5.48. The highest BCUT2D eigenvalue weighted by Crippen LogP contribution is 2.77. The van der Waals surface area contributed by atoms with E-state index in [0.29, 0.717) is 27.8 Å². The zero-order chi connectivity index (χ0) is 34.6. The average molecular weight is 665 g/mol. The number of carbonyl (C=O) groups excluding carboxylic acids is 1. The van der Waals surface area contributed by atoms with E-state index in [2.05, 4.69) is 55.0 Å². The molecule has 0 aromatic carbocycles. The highest BCUT2D eigenvalue weighted by atomic mass is 16.5. The molecule has 0 amide bonds. The van der Waals surface area contributed by atoms with Gasteiger partial charge in [-0.15, -0.1) is 0 Å². The van der Waals surface area contributed by atoms with E-state index in [-0.39, 0.29) is 5.41 Å². The Bertz CT molecular complexity index is 1060. The molecular weight excluding hydrogens is 585 g/mol. The standard InChI is InChI=1S/C46H80O2/c1-35(2)36-25-28-43(5)31-32-45(7)37(41(36)43)23-24-39-44(6)29-27-40(42(3,4)38(44)26-30-46(39,45)8)48-34-22-20-18-16-14-12-10-9-11-13-15-17-19-21-33-47/h33,36-41H,1,9-32,34H2,2-8H3. The fourth-order valence-corrected chi connectivity index (χ4v) is 14.3. The summed E-state index contributed by atoms with van der Waals surface area (Å²) in [7, 11) is 0. The molecule has 0 radical (unpaired) electrons. The molecule has 5 fully saturated rings. The van der Waals surface area contributed by atoms with Gasteiger partial charge in [0.05, 0.1) is 6.10 Å². The molecule has 0 spiro atoms. The van der Waals surface area contributed by atoms with E-state index in [1.807, 2.05) is 0 Å². The summed E-state index contributed by atoms with van der Waals surface area (Å²) >= 11 is 0. The van der Waals surface area contributed by atoms with Crippen LogP contribution in [0.1, 0.15) is 203 Å². The number of hydrogen-bond acceptors (Lipinski definition) is 2. The van der Waals surface area contributed by atoms with Crippen molar-refractivity contribution in [2.45, 2.75) is 209 Å². The molecule has 0 saturated heterocycles. The van der Waals surface area contributed by atoms with Crippen molar-refractivity contribution >= 4 is 6.29 Å². The molecule has 2 nitrogen and oxygen atoms in total. The molecule has 10 atom stereocenters. The summed E-state index contributed by atoms with van der Waals surface area (Å²) in [6, 6.07) is 0. The first-order valence-electron chi connectivity index (χ1n) is 21.6. The molecular formula is C46H80O2. The fourth-order valence-electron chi connectivity index (χ4n) is 14.3. The van der Waals surface area contributed by atoms with Crippen LogP contribution in [0.25, 0.3) is 0 Å². The number of hydrogen-bond donors (Lipinski definition) is 0. The summed E-state index contributed by atoms with van der Waals surface area (Å²) in [6.45, 7) is 24.1. The Labute approximate surface area is 299 Å². The summed E-state index contributed by atoms with van der Waals surface area (Å²) < 4.78 is 6.84. The minimum absolute atomic E-state index is 0.267. The number of aldehydes is 1. The Morgan fingerprint density at radius 1 is 0.646 bits per heavy atom. The van der Waals surface area contributed by atoms with Gasteiger partial charge in [-0.3, -0.25) is 0 Å². The Morgan fingerprint density at radius 3 is 1.85 bits per heavy atom. The van der Waals surface area contributed by atoms with Gasteiger partial charge in [-0.2, -0.15) is 0 Å². The van der Waals surface area contributed by atoms with Gasteiger partial charge in [-0.25, -0.2) is 0 Å². The van der Waals surface area contributed by atoms with E-state index in [1.165, 1.54) is 147 Å². The van der Waals surface area contributed by atoms with E-state index in [4.69, 9.17) is 4.74 Å². The molecule has 10 unspecified atom stereocenters. The Hall–Kier alpha value is -0.630. The van der Waals surface area contributed by atoms with Crippen LogP contribution in [-0.4, -0.2) is 19.0 Å². The Kier molecular flexibility index (Phi) is 12.8. The van der Waals surface area contributed by atoms with Crippen molar-refractivity contribution in [3.8, 4) is 0 Å². The van der Waals surface area contributed by atoms with Gasteiger partial charge in [0.25, 0.3) is 0 Å². The number of unbranched alkanes of at least 4 members (excludes halogenated alkanes) is 13. The first kappa shape index (κ1) is 38.6. The first-order valence-corrected chi connectivity index (χ1v) is 21.6. The van der Waals surface area contributed by atoms with E-state index in [9.17, 15) is 4.79 Å². The molecule has 5 saturated carbocycles. The van der Waals surface area contributed by atoms with Crippen LogP contribution in [0.5, 0.6) is 0 Å². The lowest BCUT2D eigenvalue weighted by atomic mass is 9.32. The molecule has 0 N–H and O–H groups in total. The van der Waals surface area contributed by atoms with Gasteiger partial charge in [-0.05, 0) is 141 Å². The maximum atomic E-state index is 10.4. The van der Waals surface area contributed by atoms with Crippen molar-refractivity contribution < 1.29 is 9.53 Å². The quantitative estimate of drug-likeness (QED) is 0.0828. The lowest BCUT2D eigenvalue weighted by Gasteiger charge is -2.73. The number of ether oxygens (including phenoxy) is 1. The maximum Gasteiger partial charge on any atom is 0.119 e. The van der Waals surface area contributed by atoms with Crippen LogP contribution in [0.2, 0.25) is 0 Å². The van der Waals surface area contributed by atoms with Crippen LogP contribution in [0, 0.1) is 56.7 Å². The second-order valence-corrected chi connectivity index (χ2v) is 20.1. The lowest BCUT2D eigenvalue weighted by Crippen LogP contribution is -2.66. The lowest BCUT2D eigenvalue weighted by molar-refractivity contribution is -0.250. The van der Waals surface area contributed by atoms with Crippen LogP contribution in [-0.2, 0) is 9.53 Å². The van der Waals surface area contributed by atoms with E-state index in [0.717, 1.165) is 55.3 Å². The molecule has 0 bridgehead atoms. The van der Waals surface area contributed by atoms with Gasteiger partial charge < -0.3 is 9.53 Å². The summed E-state index contributed by atoms with van der Waals surface area (Å²) in [4.78, 5) is 10.4. The maximum absolute atomic E-state index is 10.4. The molecule has 2 heteroatoms. The van der Waals surface area contributed by atoms with Crippen molar-refractivity contribution in [1.82, 2.24) is 0 Å². The largest absolute Gasteiger partial charge is 0.378 e. The van der Waals surface area contributed by atoms with Gasteiger partial charge in [0.1, 0.15) is 6.29 Å². The minimum Gasteiger partial charge on any atom is -0.378 e. The van der Waals surface area contributed by atoms with Crippen molar-refractivity contribution in [1.29, 1.82) is 0 Å². The number of rotatable bonds is 18. The van der Waals surface area contributed by atoms with Gasteiger partial charge in [0.15, 0.2) is 0 Å². The summed E-state index contributed by atoms with van der Waals surface area (Å²) in [5, 5.41) is 0. The summed E-state index contributed by atoms with van der Waals surface area (Å²) in [5.41, 5.74) is 3.69. The summed E-state index contributed by atoms with van der Waals surface area (Å²) in [6.07, 6.45) is 33.7. The number of fused-ring (bicyclic) bond motifs is 7. The summed E-state index contributed by atoms with van der Waals surface area (Å²) in [5.74, 6) is 4.15. The normalized spacial score (nSPS) is 41.6. The molecule has 5 aliphatic rings. The highest BCUT2D eigenvalue weighted by Gasteiger charge is 2.70. The molecule has 0 aromatic rings. The van der Waals surface area contributed by atoms with Crippen LogP contribution in [0.3, 0.4) is 0 Å². The average Bonchev–Trinajstić information content (AvgIpc) is 3.40. The van der Waals surface area contributed by atoms with Crippen LogP contribution < -0.4 is 0 Å². The van der Waals surface area contributed by atoms with Crippen molar-refractivity contribution in [2.24, 2.45) is 56.7 Å². The molecule has 0 heterocycles. The monoisotopic (exact) mass is 665 g/mol. The van der Waals surface area contributed by atoms with Gasteiger partial charge in [0, 0.05) is 13.0 Å². The second-order valence-electron chi connectivity index (χ2n) is 20.1. The molecule has 0 aromatic heterocycles. The molecule has 0 aliphatic heterocycles. The molecule has 276 valence electrons. The van der Waals surface area contributed by atoms with Gasteiger partial charge >= 0.3 is 0 Å². The van der Waals surface area contributed by atoms with Crippen LogP contribution in [0.15, 0.2) is 12.2 Å². The Morgan fingerprint density at radius 2 is 1.25 bits per heavy atom. The first-order chi connectivity index (χ1) is 22.8. The minimum atomic E-state index is 0.267. The topological polar surface area (TPSA) is 26.3 Å². The molecule has 5 aliphatic carbocycles. The van der Waals surface area contributed by atoms with Gasteiger partial charge in [0.2, 0.25) is 0 Å². The third-order valence-electron chi connectivity index (χ3n) is 17.2. The third kappa shape index (κ3) is 7.33. The Balaban J connectivity index is 1.06. The van der Waals surface area contributed by atoms with Crippen molar-refractivity contribution in [2.75, 3.05) is 6.61 Å². The van der Waals surface area contributed by atoms with Crippen molar-refractivity contribution in [3.05, 3.63) is 12.2 Å². The van der Waals surface area contributed by atoms with Crippen LogP contribution >= 0.6 is 0 Å². The number of allylic oxidation sites excluding steroid dienone is 1. The van der Waals surface area contributed by atoms with Crippen molar-refractivity contribution in [3.63, 3.8) is 0 Å². The zero-order valence-electron chi connectivity index (χ0n) is 33.2. The zero-order valence-corrected chi connectivity index (χ0v) is 33.2. The van der Waals surface area contributed by atoms with E-state index >= 15 is 0 Å². The fraction of sp³-hybridized carbons (Fsp3) is 0.935. The smallest absolute Gasteiger partial charge is 0.119 e. The van der Waals surface area contributed by atoms with Crippen LogP contribution in [0.4, 0.5) is 0 Å². The predicted octanol–water partition coefficient (Wildman–Crippen LogP) is 13.7. The van der Waals surface area contributed by atoms with E-state index in [1.54, 1.807) is 0 Å². The van der Waals surface area contributed by atoms with E-state index < -0.39 is 0 Å². The predicted molar refractivity (Wildman–Crippen MR) is 205 cm³/mol. The third-order valence-corrected chi connectivity index (χ3v) is 17.2.